The van der Waals surface area contributed by atoms with Gasteiger partial charge in [0.25, 0.3) is 12.3 Å². The Bertz CT molecular complexity index is 895. The van der Waals surface area contributed by atoms with Crippen molar-refractivity contribution >= 4 is 28.5 Å². The second-order valence-corrected chi connectivity index (χ2v) is 5.47. The fourth-order valence-electron chi connectivity index (χ4n) is 2.20. The van der Waals surface area contributed by atoms with Crippen LogP contribution in [0.15, 0.2) is 30.6 Å². The molecule has 0 aliphatic rings. The normalized spacial score (nSPS) is 11.2. The molecule has 9 heteroatoms. The number of aryl methyl sites for hydroxylation is 1. The van der Waals surface area contributed by atoms with Crippen LogP contribution in [0, 0.1) is 0 Å². The molecule has 1 aromatic carbocycles. The summed E-state index contributed by atoms with van der Waals surface area (Å²) in [6, 6.07) is 5.33. The molecule has 0 unspecified atom stereocenters. The molecule has 0 fully saturated rings. The maximum Gasteiger partial charge on any atom is 0.281 e. The van der Waals surface area contributed by atoms with Crippen LogP contribution in [0.5, 0.6) is 0 Å². The molecule has 0 radical (unpaired) electrons. The predicted octanol–water partition coefficient (Wildman–Crippen LogP) is 2.88. The van der Waals surface area contributed by atoms with Gasteiger partial charge < -0.3 is 9.88 Å². The number of amides is 1. The van der Waals surface area contributed by atoms with Crippen molar-refractivity contribution in [2.24, 2.45) is 7.05 Å². The third-order valence-corrected chi connectivity index (χ3v) is 3.71. The Morgan fingerprint density at radius 1 is 1.33 bits per heavy atom. The fraction of sp³-hybridized carbons (Fsp3) is 0.200. The van der Waals surface area contributed by atoms with Gasteiger partial charge in [0, 0.05) is 12.1 Å². The average Bonchev–Trinajstić information content (AvgIpc) is 2.88. The minimum Gasteiger partial charge on any atom is -0.343 e. The maximum atomic E-state index is 12.4. The summed E-state index contributed by atoms with van der Waals surface area (Å²) >= 11 is 5.94. The predicted molar refractivity (Wildman–Crippen MR) is 83.9 cm³/mol. The Kier molecular flexibility index (Phi) is 4.39. The van der Waals surface area contributed by atoms with Crippen LogP contribution in [0.3, 0.4) is 0 Å². The first-order valence-corrected chi connectivity index (χ1v) is 7.32. The molecule has 1 N–H and O–H groups in total. The summed E-state index contributed by atoms with van der Waals surface area (Å²) in [7, 11) is 1.82. The molecule has 0 spiro atoms. The lowest BCUT2D eigenvalue weighted by Gasteiger charge is -2.05. The van der Waals surface area contributed by atoms with E-state index >= 15 is 0 Å². The van der Waals surface area contributed by atoms with E-state index in [4.69, 9.17) is 11.6 Å². The highest BCUT2D eigenvalue weighted by molar-refractivity contribution is 6.31. The standard InChI is InChI=1S/C15H12ClF2N5O/c1-23-12-3-2-8(16)4-9(12)22-13(23)7-21-15(24)11-6-19-10(5-20-11)14(17)18/h2-6,14H,7H2,1H3,(H,21,24). The highest BCUT2D eigenvalue weighted by Gasteiger charge is 2.14. The number of alkyl halides is 2. The first-order chi connectivity index (χ1) is 11.5. The van der Waals surface area contributed by atoms with Gasteiger partial charge in [-0.25, -0.2) is 18.7 Å². The second kappa shape index (κ2) is 6.48. The van der Waals surface area contributed by atoms with Gasteiger partial charge in [-0.05, 0) is 18.2 Å². The number of rotatable bonds is 4. The highest BCUT2D eigenvalue weighted by atomic mass is 35.5. The van der Waals surface area contributed by atoms with E-state index in [0.29, 0.717) is 10.8 Å². The van der Waals surface area contributed by atoms with Gasteiger partial charge in [0.2, 0.25) is 0 Å². The third kappa shape index (κ3) is 3.18. The summed E-state index contributed by atoms with van der Waals surface area (Å²) in [6.45, 7) is 0.153. The van der Waals surface area contributed by atoms with E-state index in [2.05, 4.69) is 20.3 Å². The van der Waals surface area contributed by atoms with Gasteiger partial charge in [-0.15, -0.1) is 0 Å². The number of imidazole rings is 1. The largest absolute Gasteiger partial charge is 0.343 e. The minimum atomic E-state index is -2.72. The number of benzene rings is 1. The molecule has 2 heterocycles. The van der Waals surface area contributed by atoms with E-state index in [-0.39, 0.29) is 12.2 Å². The van der Waals surface area contributed by atoms with Crippen LogP contribution in [-0.2, 0) is 13.6 Å². The van der Waals surface area contributed by atoms with Crippen LogP contribution >= 0.6 is 11.6 Å². The van der Waals surface area contributed by atoms with Crippen LogP contribution in [-0.4, -0.2) is 25.4 Å². The topological polar surface area (TPSA) is 72.7 Å². The molecule has 0 saturated heterocycles. The lowest BCUT2D eigenvalue weighted by atomic mass is 10.3. The Hall–Kier alpha value is -2.61. The van der Waals surface area contributed by atoms with E-state index < -0.39 is 18.0 Å². The summed E-state index contributed by atoms with van der Waals surface area (Å²) in [5, 5.41) is 3.21. The Morgan fingerprint density at radius 2 is 2.12 bits per heavy atom. The van der Waals surface area contributed by atoms with Gasteiger partial charge in [-0.2, -0.15) is 0 Å². The zero-order valence-corrected chi connectivity index (χ0v) is 13.3. The molecule has 6 nitrogen and oxygen atoms in total. The second-order valence-electron chi connectivity index (χ2n) is 5.03. The highest BCUT2D eigenvalue weighted by Crippen LogP contribution is 2.19. The number of fused-ring (bicyclic) bond motifs is 1. The molecule has 2 aromatic heterocycles. The monoisotopic (exact) mass is 351 g/mol. The molecular formula is C15H12ClF2N5O. The number of carbonyl (C=O) groups excluding carboxylic acids is 1. The number of nitrogens with zero attached hydrogens (tertiary/aromatic N) is 4. The van der Waals surface area contributed by atoms with E-state index in [0.717, 1.165) is 23.4 Å². The van der Waals surface area contributed by atoms with Crippen molar-refractivity contribution in [2.75, 3.05) is 0 Å². The molecule has 0 saturated carbocycles. The number of nitrogens with one attached hydrogen (secondary N) is 1. The fourth-order valence-corrected chi connectivity index (χ4v) is 2.37. The van der Waals surface area contributed by atoms with E-state index in [1.165, 1.54) is 0 Å². The number of halogens is 3. The molecule has 0 bridgehead atoms. The summed E-state index contributed by atoms with van der Waals surface area (Å²) < 4.78 is 26.7. The van der Waals surface area contributed by atoms with Crippen LogP contribution in [0.1, 0.15) is 28.4 Å². The lowest BCUT2D eigenvalue weighted by molar-refractivity contribution is 0.0943. The number of carbonyl (C=O) groups is 1. The van der Waals surface area contributed by atoms with E-state index in [1.54, 1.807) is 12.1 Å². The first-order valence-electron chi connectivity index (χ1n) is 6.95. The molecular weight excluding hydrogens is 340 g/mol. The zero-order chi connectivity index (χ0) is 17.3. The maximum absolute atomic E-state index is 12.4. The molecule has 24 heavy (non-hydrogen) atoms. The number of hydrogen-bond acceptors (Lipinski definition) is 4. The summed E-state index contributed by atoms with van der Waals surface area (Å²) in [6.07, 6.45) is -0.816. The quantitative estimate of drug-likeness (QED) is 0.784. The van der Waals surface area contributed by atoms with E-state index in [1.807, 2.05) is 17.7 Å². The molecule has 124 valence electrons. The van der Waals surface area contributed by atoms with Gasteiger partial charge >= 0.3 is 0 Å². The van der Waals surface area contributed by atoms with Crippen molar-refractivity contribution < 1.29 is 13.6 Å². The summed E-state index contributed by atoms with van der Waals surface area (Å²) in [5.41, 5.74) is 1.08. The number of hydrogen-bond donors (Lipinski definition) is 1. The molecule has 3 aromatic rings. The molecule has 3 rings (SSSR count). The van der Waals surface area contributed by atoms with E-state index in [9.17, 15) is 13.6 Å². The van der Waals surface area contributed by atoms with Gasteiger partial charge in [0.15, 0.2) is 0 Å². The van der Waals surface area contributed by atoms with Crippen molar-refractivity contribution in [2.45, 2.75) is 13.0 Å². The Morgan fingerprint density at radius 3 is 2.79 bits per heavy atom. The summed E-state index contributed by atoms with van der Waals surface area (Å²) in [4.78, 5) is 23.6. The van der Waals surface area contributed by atoms with Crippen molar-refractivity contribution in [1.82, 2.24) is 24.8 Å². The van der Waals surface area contributed by atoms with Crippen LogP contribution in [0.2, 0.25) is 5.02 Å². The molecule has 0 atom stereocenters. The van der Waals surface area contributed by atoms with Crippen LogP contribution in [0.25, 0.3) is 11.0 Å². The first kappa shape index (κ1) is 16.3. The van der Waals surface area contributed by atoms with Gasteiger partial charge in [0.1, 0.15) is 17.2 Å². The zero-order valence-electron chi connectivity index (χ0n) is 12.5. The third-order valence-electron chi connectivity index (χ3n) is 3.47. The number of aromatic nitrogens is 4. The smallest absolute Gasteiger partial charge is 0.281 e. The molecule has 1 amide bonds. The van der Waals surface area contributed by atoms with Crippen LogP contribution in [0.4, 0.5) is 8.78 Å². The van der Waals surface area contributed by atoms with Gasteiger partial charge in [-0.1, -0.05) is 11.6 Å². The summed E-state index contributed by atoms with van der Waals surface area (Å²) in [5.74, 6) is 0.103. The van der Waals surface area contributed by atoms with Gasteiger partial charge in [-0.3, -0.25) is 9.78 Å². The molecule has 0 aliphatic heterocycles. The Labute approximate surface area is 140 Å². The van der Waals surface area contributed by atoms with Crippen molar-refractivity contribution in [1.29, 1.82) is 0 Å². The molecule has 0 aliphatic carbocycles. The SMILES string of the molecule is Cn1c(CNC(=O)c2cnc(C(F)F)cn2)nc2cc(Cl)ccc21. The average molecular weight is 352 g/mol. The van der Waals surface area contributed by atoms with Crippen molar-refractivity contribution in [3.8, 4) is 0 Å². The van der Waals surface area contributed by atoms with Crippen molar-refractivity contribution in [3.63, 3.8) is 0 Å². The Balaban J connectivity index is 1.73. The van der Waals surface area contributed by atoms with Crippen molar-refractivity contribution in [3.05, 3.63) is 52.8 Å². The van der Waals surface area contributed by atoms with Gasteiger partial charge in [0.05, 0.1) is 30.0 Å². The van der Waals surface area contributed by atoms with Crippen LogP contribution < -0.4 is 5.32 Å². The minimum absolute atomic E-state index is 0.0405. The lowest BCUT2D eigenvalue weighted by Crippen LogP contribution is -2.25.